The molecule has 0 saturated heterocycles. The highest BCUT2D eigenvalue weighted by Gasteiger charge is 2.08. The fraction of sp³-hybridized carbons (Fsp3) is 1.00. The Labute approximate surface area is 174 Å². The molecule has 0 bridgehead atoms. The number of rotatable bonds is 24. The zero-order chi connectivity index (χ0) is 20.5. The molecule has 170 valence electrons. The molecule has 0 fully saturated rings. The van der Waals surface area contributed by atoms with Crippen LogP contribution in [0.5, 0.6) is 0 Å². The van der Waals surface area contributed by atoms with E-state index in [4.69, 9.17) is 16.6 Å². The standard InChI is InChI=1S/C21H50N6O/c22-10-16-24-12-4-6-14-26-19-21(9-3-1-2-8-18-28)20-27-15-7-5-13-25-17-11-23/h21,24-28H,1-20,22-23H2. The number of aliphatic hydroxyl groups excluding tert-OH is 1. The van der Waals surface area contributed by atoms with Gasteiger partial charge in [-0.25, -0.2) is 0 Å². The molecular weight excluding hydrogens is 352 g/mol. The van der Waals surface area contributed by atoms with Gasteiger partial charge in [0.1, 0.15) is 0 Å². The lowest BCUT2D eigenvalue weighted by atomic mass is 10.00. The van der Waals surface area contributed by atoms with Gasteiger partial charge in [-0.05, 0) is 83.7 Å². The van der Waals surface area contributed by atoms with Gasteiger partial charge >= 0.3 is 0 Å². The number of nitrogens with two attached hydrogens (primary N) is 2. The molecule has 7 nitrogen and oxygen atoms in total. The maximum Gasteiger partial charge on any atom is 0.0431 e. The van der Waals surface area contributed by atoms with Gasteiger partial charge in [0.2, 0.25) is 0 Å². The summed E-state index contributed by atoms with van der Waals surface area (Å²) in [6.45, 7) is 10.1. The zero-order valence-corrected chi connectivity index (χ0v) is 18.3. The summed E-state index contributed by atoms with van der Waals surface area (Å²) in [6.07, 6.45) is 10.7. The van der Waals surface area contributed by atoms with E-state index in [-0.39, 0.29) is 0 Å². The van der Waals surface area contributed by atoms with Crippen molar-refractivity contribution >= 4 is 0 Å². The molecule has 28 heavy (non-hydrogen) atoms. The average Bonchev–Trinajstić information content (AvgIpc) is 2.71. The smallest absolute Gasteiger partial charge is 0.0431 e. The van der Waals surface area contributed by atoms with Crippen LogP contribution in [0.1, 0.15) is 57.8 Å². The third-order valence-corrected chi connectivity index (χ3v) is 4.94. The van der Waals surface area contributed by atoms with E-state index in [1.165, 1.54) is 44.9 Å². The highest BCUT2D eigenvalue weighted by Crippen LogP contribution is 2.10. The van der Waals surface area contributed by atoms with Crippen LogP contribution < -0.4 is 32.7 Å². The summed E-state index contributed by atoms with van der Waals surface area (Å²) in [6, 6.07) is 0. The van der Waals surface area contributed by atoms with E-state index in [2.05, 4.69) is 21.3 Å². The molecule has 9 N–H and O–H groups in total. The third-order valence-electron chi connectivity index (χ3n) is 4.94. The van der Waals surface area contributed by atoms with Gasteiger partial charge in [-0.15, -0.1) is 0 Å². The lowest BCUT2D eigenvalue weighted by Gasteiger charge is -2.19. The summed E-state index contributed by atoms with van der Waals surface area (Å²) in [5, 5.41) is 22.9. The Kier molecular flexibility index (Phi) is 24.5. The summed E-state index contributed by atoms with van der Waals surface area (Å²) in [5.74, 6) is 0.694. The van der Waals surface area contributed by atoms with Gasteiger partial charge in [-0.2, -0.15) is 0 Å². The Morgan fingerprint density at radius 3 is 1.46 bits per heavy atom. The first-order chi connectivity index (χ1) is 13.8. The molecule has 0 aromatic carbocycles. The van der Waals surface area contributed by atoms with E-state index in [0.29, 0.717) is 12.5 Å². The van der Waals surface area contributed by atoms with Crippen LogP contribution in [0.4, 0.5) is 0 Å². The third kappa shape index (κ3) is 22.0. The molecule has 0 aromatic rings. The molecule has 0 unspecified atom stereocenters. The first-order valence-corrected chi connectivity index (χ1v) is 11.7. The van der Waals surface area contributed by atoms with E-state index in [9.17, 15) is 0 Å². The summed E-state index contributed by atoms with van der Waals surface area (Å²) < 4.78 is 0. The number of hydrogen-bond donors (Lipinski definition) is 7. The molecule has 0 aliphatic heterocycles. The molecular formula is C21H50N6O. The van der Waals surface area contributed by atoms with Crippen molar-refractivity contribution in [2.75, 3.05) is 72.1 Å². The lowest BCUT2D eigenvalue weighted by Crippen LogP contribution is -2.33. The Balaban J connectivity index is 3.75. The van der Waals surface area contributed by atoms with Crippen LogP contribution in [0, 0.1) is 5.92 Å². The molecule has 0 aliphatic rings. The Hall–Kier alpha value is -0.280. The van der Waals surface area contributed by atoms with Crippen LogP contribution in [-0.4, -0.2) is 77.2 Å². The Bertz CT molecular complexity index is 264. The van der Waals surface area contributed by atoms with Crippen molar-refractivity contribution in [3.05, 3.63) is 0 Å². The van der Waals surface area contributed by atoms with Gasteiger partial charge in [-0.3, -0.25) is 0 Å². The van der Waals surface area contributed by atoms with Gasteiger partial charge < -0.3 is 37.8 Å². The monoisotopic (exact) mass is 402 g/mol. The van der Waals surface area contributed by atoms with Crippen molar-refractivity contribution in [1.82, 2.24) is 21.3 Å². The summed E-state index contributed by atoms with van der Waals surface area (Å²) >= 11 is 0. The molecule has 0 amide bonds. The second kappa shape index (κ2) is 24.8. The molecule has 0 rings (SSSR count). The van der Waals surface area contributed by atoms with Crippen LogP contribution >= 0.6 is 0 Å². The molecule has 0 aliphatic carbocycles. The number of unbranched alkanes of at least 4 members (excludes halogenated alkanes) is 5. The van der Waals surface area contributed by atoms with E-state index in [1.807, 2.05) is 0 Å². The second-order valence-electron chi connectivity index (χ2n) is 7.69. The van der Waals surface area contributed by atoms with Crippen LogP contribution in [0.15, 0.2) is 0 Å². The maximum atomic E-state index is 8.90. The predicted octanol–water partition coefficient (Wildman–Crippen LogP) is 0.382. The van der Waals surface area contributed by atoms with Gasteiger partial charge in [0.25, 0.3) is 0 Å². The minimum absolute atomic E-state index is 0.326. The Morgan fingerprint density at radius 2 is 1.00 bits per heavy atom. The second-order valence-corrected chi connectivity index (χ2v) is 7.69. The molecule has 0 saturated carbocycles. The van der Waals surface area contributed by atoms with Crippen LogP contribution in [-0.2, 0) is 0 Å². The maximum absolute atomic E-state index is 8.90. The average molecular weight is 403 g/mol. The van der Waals surface area contributed by atoms with Crippen molar-refractivity contribution in [3.8, 4) is 0 Å². The van der Waals surface area contributed by atoms with Gasteiger partial charge in [-0.1, -0.05) is 19.3 Å². The summed E-state index contributed by atoms with van der Waals surface area (Å²) in [7, 11) is 0. The van der Waals surface area contributed by atoms with Crippen molar-refractivity contribution in [3.63, 3.8) is 0 Å². The normalized spacial score (nSPS) is 11.6. The van der Waals surface area contributed by atoms with Gasteiger partial charge in [0.05, 0.1) is 0 Å². The molecule has 0 radical (unpaired) electrons. The zero-order valence-electron chi connectivity index (χ0n) is 18.3. The molecule has 7 heteroatoms. The quantitative estimate of drug-likeness (QED) is 0.117. The minimum Gasteiger partial charge on any atom is -0.396 e. The van der Waals surface area contributed by atoms with E-state index in [1.54, 1.807) is 0 Å². The fourth-order valence-corrected chi connectivity index (χ4v) is 3.24. The first-order valence-electron chi connectivity index (χ1n) is 11.7. The van der Waals surface area contributed by atoms with Crippen molar-refractivity contribution < 1.29 is 5.11 Å². The van der Waals surface area contributed by atoms with Crippen LogP contribution in [0.25, 0.3) is 0 Å². The van der Waals surface area contributed by atoms with Crippen molar-refractivity contribution in [2.24, 2.45) is 17.4 Å². The van der Waals surface area contributed by atoms with Crippen LogP contribution in [0.3, 0.4) is 0 Å². The van der Waals surface area contributed by atoms with Gasteiger partial charge in [0.15, 0.2) is 0 Å². The van der Waals surface area contributed by atoms with E-state index < -0.39 is 0 Å². The number of aliphatic hydroxyl groups is 1. The first kappa shape index (κ1) is 27.7. The summed E-state index contributed by atoms with van der Waals surface area (Å²) in [4.78, 5) is 0. The fourth-order valence-electron chi connectivity index (χ4n) is 3.24. The SMILES string of the molecule is NCCNCCCCNCC(CCCCCCO)CNCCCCNCCN. The van der Waals surface area contributed by atoms with Crippen molar-refractivity contribution in [2.45, 2.75) is 57.8 Å². The molecule has 0 spiro atoms. The highest BCUT2D eigenvalue weighted by atomic mass is 16.2. The predicted molar refractivity (Wildman–Crippen MR) is 122 cm³/mol. The topological polar surface area (TPSA) is 120 Å². The van der Waals surface area contributed by atoms with Crippen molar-refractivity contribution in [1.29, 1.82) is 0 Å². The summed E-state index contributed by atoms with van der Waals surface area (Å²) in [5.41, 5.74) is 11.0. The number of hydrogen-bond acceptors (Lipinski definition) is 7. The largest absolute Gasteiger partial charge is 0.396 e. The lowest BCUT2D eigenvalue weighted by molar-refractivity contribution is 0.281. The highest BCUT2D eigenvalue weighted by molar-refractivity contribution is 4.67. The minimum atomic E-state index is 0.326. The van der Waals surface area contributed by atoms with E-state index in [0.717, 1.165) is 78.3 Å². The van der Waals surface area contributed by atoms with Crippen LogP contribution in [0.2, 0.25) is 0 Å². The Morgan fingerprint density at radius 1 is 0.536 bits per heavy atom. The number of nitrogens with one attached hydrogen (secondary N) is 4. The van der Waals surface area contributed by atoms with E-state index >= 15 is 0 Å². The molecule has 0 heterocycles. The molecule has 0 atom stereocenters. The van der Waals surface area contributed by atoms with Gasteiger partial charge in [0, 0.05) is 32.8 Å². The molecule has 0 aromatic heterocycles.